The van der Waals surface area contributed by atoms with Gasteiger partial charge in [-0.05, 0) is 30.2 Å². The number of hydrogen-bond acceptors (Lipinski definition) is 6. The van der Waals surface area contributed by atoms with Gasteiger partial charge in [0.2, 0.25) is 5.91 Å². The van der Waals surface area contributed by atoms with Crippen molar-refractivity contribution in [2.45, 2.75) is 38.5 Å². The Morgan fingerprint density at radius 2 is 1.91 bits per heavy atom. The number of ether oxygens (including phenoxy) is 1. The quantitative estimate of drug-likeness (QED) is 0.613. The number of esters is 1. The van der Waals surface area contributed by atoms with Gasteiger partial charge in [0.15, 0.2) is 12.4 Å². The highest BCUT2D eigenvalue weighted by molar-refractivity contribution is 6.05. The van der Waals surface area contributed by atoms with Gasteiger partial charge in [0.25, 0.3) is 11.8 Å². The molecular formula is C22H22F3N3O6. The van der Waals surface area contributed by atoms with Crippen LogP contribution in [0.2, 0.25) is 0 Å². The van der Waals surface area contributed by atoms with Crippen LogP contribution in [0.25, 0.3) is 0 Å². The molecule has 0 saturated carbocycles. The van der Waals surface area contributed by atoms with Gasteiger partial charge in [0.05, 0.1) is 24.1 Å². The van der Waals surface area contributed by atoms with Gasteiger partial charge < -0.3 is 19.8 Å². The van der Waals surface area contributed by atoms with Gasteiger partial charge in [-0.25, -0.2) is 4.79 Å². The number of furan rings is 1. The molecule has 1 aliphatic heterocycles. The van der Waals surface area contributed by atoms with Crippen LogP contribution in [0.1, 0.15) is 30.8 Å². The molecule has 9 nitrogen and oxygen atoms in total. The highest BCUT2D eigenvalue weighted by Crippen LogP contribution is 2.37. The second-order valence-electron chi connectivity index (χ2n) is 7.87. The van der Waals surface area contributed by atoms with Gasteiger partial charge in [0.1, 0.15) is 12.1 Å². The first-order valence-corrected chi connectivity index (χ1v) is 10.3. The zero-order chi connectivity index (χ0) is 25.0. The predicted molar refractivity (Wildman–Crippen MR) is 113 cm³/mol. The molecular weight excluding hydrogens is 459 g/mol. The number of nitrogens with one attached hydrogen (secondary N) is 2. The molecule has 0 radical (unpaired) electrons. The molecule has 182 valence electrons. The molecule has 1 aliphatic rings. The molecule has 0 saturated heterocycles. The SMILES string of the molecule is CC(C)[C@H](NC(=O)c1ccco1)C(=O)OCC(=O)N1c2ccccc2NC(=O)CC1C(F)(F)F. The molecule has 0 fully saturated rings. The number of halogens is 3. The Balaban J connectivity index is 1.78. The lowest BCUT2D eigenvalue weighted by Crippen LogP contribution is -2.51. The van der Waals surface area contributed by atoms with Crippen molar-refractivity contribution in [1.82, 2.24) is 5.32 Å². The number of benzene rings is 1. The number of rotatable bonds is 6. The third-order valence-corrected chi connectivity index (χ3v) is 5.06. The van der Waals surface area contributed by atoms with E-state index in [1.54, 1.807) is 13.8 Å². The highest BCUT2D eigenvalue weighted by Gasteiger charge is 2.49. The standard InChI is InChI=1S/C22H22F3N3O6/c1-12(2)19(27-20(31)15-8-5-9-33-15)21(32)34-11-18(30)28-14-7-4-3-6-13(14)26-17(29)10-16(28)22(23,24)25/h3-9,12,16,19H,10-11H2,1-2H3,(H,26,29)(H,27,31)/t16?,19-/m0/s1. The Hall–Kier alpha value is -3.83. The summed E-state index contributed by atoms with van der Waals surface area (Å²) in [4.78, 5) is 50.1. The molecule has 0 aliphatic carbocycles. The molecule has 2 N–H and O–H groups in total. The fraction of sp³-hybridized carbons (Fsp3) is 0.364. The lowest BCUT2D eigenvalue weighted by molar-refractivity contribution is -0.160. The number of anilines is 2. The molecule has 1 aromatic carbocycles. The largest absolute Gasteiger partial charge is 0.459 e. The summed E-state index contributed by atoms with van der Waals surface area (Å²) >= 11 is 0. The maximum atomic E-state index is 13.8. The first kappa shape index (κ1) is 24.8. The van der Waals surface area contributed by atoms with Crippen molar-refractivity contribution in [3.63, 3.8) is 0 Å². The van der Waals surface area contributed by atoms with Crippen molar-refractivity contribution < 1.29 is 41.5 Å². The number of alkyl halides is 3. The number of nitrogens with zero attached hydrogens (tertiary/aromatic N) is 1. The van der Waals surface area contributed by atoms with Crippen LogP contribution in [0, 0.1) is 5.92 Å². The van der Waals surface area contributed by atoms with Crippen LogP contribution < -0.4 is 15.5 Å². The van der Waals surface area contributed by atoms with E-state index in [-0.39, 0.29) is 17.1 Å². The lowest BCUT2D eigenvalue weighted by atomic mass is 10.0. The normalized spacial score (nSPS) is 16.8. The first-order chi connectivity index (χ1) is 16.0. The predicted octanol–water partition coefficient (Wildman–Crippen LogP) is 2.88. The molecule has 34 heavy (non-hydrogen) atoms. The molecule has 3 amide bonds. The van der Waals surface area contributed by atoms with Crippen LogP contribution >= 0.6 is 0 Å². The minimum atomic E-state index is -4.92. The van der Waals surface area contributed by atoms with E-state index >= 15 is 0 Å². The van der Waals surface area contributed by atoms with Crippen LogP contribution in [0.15, 0.2) is 47.1 Å². The minimum absolute atomic E-state index is 0.0182. The van der Waals surface area contributed by atoms with Gasteiger partial charge in [-0.15, -0.1) is 0 Å². The second kappa shape index (κ2) is 9.98. The summed E-state index contributed by atoms with van der Waals surface area (Å²) in [5, 5.41) is 4.76. The van der Waals surface area contributed by atoms with Gasteiger partial charge in [-0.1, -0.05) is 26.0 Å². The summed E-state index contributed by atoms with van der Waals surface area (Å²) in [7, 11) is 0. The summed E-state index contributed by atoms with van der Waals surface area (Å²) in [6, 6.07) is 4.72. The zero-order valence-electron chi connectivity index (χ0n) is 18.2. The van der Waals surface area contributed by atoms with E-state index in [1.807, 2.05) is 0 Å². The molecule has 0 bridgehead atoms. The van der Waals surface area contributed by atoms with E-state index in [9.17, 15) is 32.3 Å². The summed E-state index contributed by atoms with van der Waals surface area (Å²) < 4.78 is 51.3. The molecule has 3 rings (SSSR count). The Kier molecular flexibility index (Phi) is 7.28. The maximum absolute atomic E-state index is 13.8. The molecule has 2 heterocycles. The molecule has 2 aromatic rings. The summed E-state index contributed by atoms with van der Waals surface area (Å²) in [5.74, 6) is -4.33. The number of carbonyl (C=O) groups excluding carboxylic acids is 4. The monoisotopic (exact) mass is 481 g/mol. The van der Waals surface area contributed by atoms with Gasteiger partial charge in [-0.2, -0.15) is 13.2 Å². The lowest BCUT2D eigenvalue weighted by Gasteiger charge is -2.31. The van der Waals surface area contributed by atoms with Crippen molar-refractivity contribution in [3.05, 3.63) is 48.4 Å². The number of hydrogen-bond donors (Lipinski definition) is 2. The Morgan fingerprint density at radius 1 is 1.21 bits per heavy atom. The van der Waals surface area contributed by atoms with Crippen LogP contribution in [0.3, 0.4) is 0 Å². The average Bonchev–Trinajstić information content (AvgIpc) is 3.25. The van der Waals surface area contributed by atoms with Crippen LogP contribution in [-0.2, 0) is 19.1 Å². The van der Waals surface area contributed by atoms with Crippen molar-refractivity contribution in [2.75, 3.05) is 16.8 Å². The molecule has 1 unspecified atom stereocenters. The average molecular weight is 481 g/mol. The topological polar surface area (TPSA) is 118 Å². The smallest absolute Gasteiger partial charge is 0.409 e. The number of amides is 3. The fourth-order valence-corrected chi connectivity index (χ4v) is 3.41. The molecule has 12 heteroatoms. The summed E-state index contributed by atoms with van der Waals surface area (Å²) in [6.45, 7) is 2.18. The Bertz CT molecular complexity index is 1070. The first-order valence-electron chi connectivity index (χ1n) is 10.3. The van der Waals surface area contributed by atoms with E-state index in [0.717, 1.165) is 0 Å². The van der Waals surface area contributed by atoms with Gasteiger partial charge in [-0.3, -0.25) is 19.3 Å². The van der Waals surface area contributed by atoms with Gasteiger partial charge in [0, 0.05) is 0 Å². The van der Waals surface area contributed by atoms with E-state index in [1.165, 1.54) is 42.7 Å². The van der Waals surface area contributed by atoms with Crippen molar-refractivity contribution in [1.29, 1.82) is 0 Å². The minimum Gasteiger partial charge on any atom is -0.459 e. The maximum Gasteiger partial charge on any atom is 0.409 e. The third-order valence-electron chi connectivity index (χ3n) is 5.06. The zero-order valence-corrected chi connectivity index (χ0v) is 18.2. The van der Waals surface area contributed by atoms with Crippen LogP contribution in [0.5, 0.6) is 0 Å². The van der Waals surface area contributed by atoms with E-state index in [4.69, 9.17) is 9.15 Å². The van der Waals surface area contributed by atoms with E-state index in [2.05, 4.69) is 10.6 Å². The van der Waals surface area contributed by atoms with Gasteiger partial charge >= 0.3 is 12.1 Å². The summed E-state index contributed by atoms with van der Waals surface area (Å²) in [6.07, 6.45) is -4.68. The second-order valence-corrected chi connectivity index (χ2v) is 7.87. The molecule has 2 atom stereocenters. The van der Waals surface area contributed by atoms with Crippen LogP contribution in [-0.4, -0.2) is 48.6 Å². The van der Waals surface area contributed by atoms with E-state index in [0.29, 0.717) is 4.90 Å². The Morgan fingerprint density at radius 3 is 2.53 bits per heavy atom. The highest BCUT2D eigenvalue weighted by atomic mass is 19.4. The molecule has 0 spiro atoms. The van der Waals surface area contributed by atoms with Crippen molar-refractivity contribution in [3.8, 4) is 0 Å². The van der Waals surface area contributed by atoms with Crippen molar-refractivity contribution >= 4 is 35.1 Å². The van der Waals surface area contributed by atoms with E-state index < -0.39 is 60.9 Å². The molecule has 1 aromatic heterocycles. The van der Waals surface area contributed by atoms with Crippen LogP contribution in [0.4, 0.5) is 24.5 Å². The number of carbonyl (C=O) groups is 4. The van der Waals surface area contributed by atoms with Crippen molar-refractivity contribution in [2.24, 2.45) is 5.92 Å². The fourth-order valence-electron chi connectivity index (χ4n) is 3.41. The number of fused-ring (bicyclic) bond motifs is 1. The number of para-hydroxylation sites is 2. The third kappa shape index (κ3) is 5.56. The summed E-state index contributed by atoms with van der Waals surface area (Å²) in [5.41, 5.74) is -0.159. The Labute approximate surface area is 192 Å².